The SMILES string of the molecule is O=C(NCc1ccc(F)cc1)c1ccc(S(=O)(=O)O)c(O)c1O. The maximum atomic E-state index is 12.8. The van der Waals surface area contributed by atoms with Gasteiger partial charge in [0, 0.05) is 6.54 Å². The van der Waals surface area contributed by atoms with Crippen LogP contribution in [0.15, 0.2) is 41.3 Å². The molecule has 0 saturated heterocycles. The van der Waals surface area contributed by atoms with Gasteiger partial charge in [0.25, 0.3) is 16.0 Å². The van der Waals surface area contributed by atoms with Crippen molar-refractivity contribution in [2.45, 2.75) is 11.4 Å². The molecule has 122 valence electrons. The molecule has 0 spiro atoms. The summed E-state index contributed by atoms with van der Waals surface area (Å²) in [6, 6.07) is 7.06. The van der Waals surface area contributed by atoms with Crippen molar-refractivity contribution in [3.63, 3.8) is 0 Å². The molecule has 0 atom stereocenters. The molecule has 0 radical (unpaired) electrons. The highest BCUT2D eigenvalue weighted by atomic mass is 32.2. The molecule has 2 aromatic rings. The number of aromatic hydroxyl groups is 2. The van der Waals surface area contributed by atoms with E-state index in [1.54, 1.807) is 0 Å². The minimum absolute atomic E-state index is 0.0271. The molecular weight excluding hydrogens is 329 g/mol. The normalized spacial score (nSPS) is 11.2. The fraction of sp³-hybridized carbons (Fsp3) is 0.0714. The van der Waals surface area contributed by atoms with Crippen LogP contribution in [0, 0.1) is 5.82 Å². The van der Waals surface area contributed by atoms with E-state index < -0.39 is 38.2 Å². The first kappa shape index (κ1) is 16.7. The number of hydrogen-bond acceptors (Lipinski definition) is 5. The van der Waals surface area contributed by atoms with Gasteiger partial charge in [-0.25, -0.2) is 4.39 Å². The molecule has 0 saturated carbocycles. The molecular formula is C14H12FNO6S. The largest absolute Gasteiger partial charge is 0.504 e. The monoisotopic (exact) mass is 341 g/mol. The van der Waals surface area contributed by atoms with Gasteiger partial charge >= 0.3 is 0 Å². The third kappa shape index (κ3) is 3.76. The number of benzene rings is 2. The smallest absolute Gasteiger partial charge is 0.298 e. The standard InChI is InChI=1S/C14H12FNO6S/c15-9-3-1-8(2-4-9)7-16-14(19)10-5-6-11(23(20,21)22)13(18)12(10)17/h1-6,17-18H,7H2,(H,16,19)(H,20,21,22). The maximum absolute atomic E-state index is 12.8. The predicted molar refractivity (Wildman–Crippen MR) is 77.2 cm³/mol. The van der Waals surface area contributed by atoms with E-state index in [2.05, 4.69) is 5.32 Å². The Balaban J connectivity index is 2.20. The van der Waals surface area contributed by atoms with Crippen LogP contribution in [0.25, 0.3) is 0 Å². The van der Waals surface area contributed by atoms with Gasteiger partial charge in [0.05, 0.1) is 5.56 Å². The summed E-state index contributed by atoms with van der Waals surface area (Å²) >= 11 is 0. The third-order valence-electron chi connectivity index (χ3n) is 3.00. The predicted octanol–water partition coefficient (Wildman–Crippen LogP) is 1.41. The molecule has 0 unspecified atom stereocenters. The van der Waals surface area contributed by atoms with Crippen LogP contribution in [-0.2, 0) is 16.7 Å². The number of rotatable bonds is 4. The molecule has 0 aliphatic rings. The average Bonchev–Trinajstić information content (AvgIpc) is 2.47. The Hall–Kier alpha value is -2.65. The van der Waals surface area contributed by atoms with Crippen LogP contribution in [-0.4, -0.2) is 29.1 Å². The van der Waals surface area contributed by atoms with E-state index in [4.69, 9.17) is 4.55 Å². The quantitative estimate of drug-likeness (QED) is 0.492. The van der Waals surface area contributed by atoms with Gasteiger partial charge in [0.2, 0.25) is 0 Å². The number of phenols is 2. The van der Waals surface area contributed by atoms with Gasteiger partial charge in [-0.05, 0) is 29.8 Å². The van der Waals surface area contributed by atoms with Crippen LogP contribution in [0.2, 0.25) is 0 Å². The Morgan fingerprint density at radius 2 is 1.65 bits per heavy atom. The van der Waals surface area contributed by atoms with Gasteiger partial charge in [-0.15, -0.1) is 0 Å². The fourth-order valence-electron chi connectivity index (χ4n) is 1.83. The zero-order valence-corrected chi connectivity index (χ0v) is 12.3. The van der Waals surface area contributed by atoms with Crippen molar-refractivity contribution in [2.24, 2.45) is 0 Å². The Morgan fingerprint density at radius 1 is 1.04 bits per heavy atom. The van der Waals surface area contributed by atoms with Gasteiger partial charge in [0.15, 0.2) is 11.5 Å². The second-order valence-electron chi connectivity index (χ2n) is 4.59. The van der Waals surface area contributed by atoms with Crippen molar-refractivity contribution in [2.75, 3.05) is 0 Å². The van der Waals surface area contributed by atoms with E-state index in [-0.39, 0.29) is 12.1 Å². The minimum Gasteiger partial charge on any atom is -0.504 e. The van der Waals surface area contributed by atoms with Crippen molar-refractivity contribution in [1.29, 1.82) is 0 Å². The minimum atomic E-state index is -4.74. The molecule has 7 nitrogen and oxygen atoms in total. The van der Waals surface area contributed by atoms with Gasteiger partial charge in [-0.1, -0.05) is 12.1 Å². The topological polar surface area (TPSA) is 124 Å². The summed E-state index contributed by atoms with van der Waals surface area (Å²) in [7, 11) is -4.74. The van der Waals surface area contributed by atoms with Crippen LogP contribution in [0.5, 0.6) is 11.5 Å². The van der Waals surface area contributed by atoms with E-state index in [1.165, 1.54) is 24.3 Å². The molecule has 23 heavy (non-hydrogen) atoms. The highest BCUT2D eigenvalue weighted by Crippen LogP contribution is 2.35. The van der Waals surface area contributed by atoms with Crippen LogP contribution >= 0.6 is 0 Å². The summed E-state index contributed by atoms with van der Waals surface area (Å²) in [5, 5.41) is 21.7. The molecule has 0 fully saturated rings. The molecule has 4 N–H and O–H groups in total. The molecule has 0 aromatic heterocycles. The number of halogens is 1. The highest BCUT2D eigenvalue weighted by Gasteiger charge is 2.23. The summed E-state index contributed by atoms with van der Waals surface area (Å²) in [5.41, 5.74) is 0.218. The summed E-state index contributed by atoms with van der Waals surface area (Å²) in [5.74, 6) is -3.31. The van der Waals surface area contributed by atoms with Crippen molar-refractivity contribution < 1.29 is 32.4 Å². The first-order valence-electron chi connectivity index (χ1n) is 6.25. The summed E-state index contributed by atoms with van der Waals surface area (Å²) in [6.45, 7) is 0.0271. The van der Waals surface area contributed by atoms with E-state index in [9.17, 15) is 27.8 Å². The van der Waals surface area contributed by atoms with Crippen LogP contribution < -0.4 is 5.32 Å². The van der Waals surface area contributed by atoms with Gasteiger partial charge in [0.1, 0.15) is 10.7 Å². The van der Waals surface area contributed by atoms with Gasteiger partial charge in [-0.2, -0.15) is 8.42 Å². The van der Waals surface area contributed by atoms with E-state index >= 15 is 0 Å². The molecule has 2 aromatic carbocycles. The van der Waals surface area contributed by atoms with E-state index in [0.717, 1.165) is 12.1 Å². The highest BCUT2D eigenvalue weighted by molar-refractivity contribution is 7.86. The van der Waals surface area contributed by atoms with Gasteiger partial charge < -0.3 is 15.5 Å². The van der Waals surface area contributed by atoms with Crippen molar-refractivity contribution in [1.82, 2.24) is 5.32 Å². The Kier molecular flexibility index (Phi) is 4.52. The molecule has 0 aliphatic carbocycles. The summed E-state index contributed by atoms with van der Waals surface area (Å²) < 4.78 is 43.6. The first-order chi connectivity index (χ1) is 10.7. The number of phenolic OH excluding ortho intramolecular Hbond substituents is 2. The molecule has 0 heterocycles. The molecule has 2 rings (SSSR count). The second kappa shape index (κ2) is 6.23. The molecule has 1 amide bonds. The lowest BCUT2D eigenvalue weighted by molar-refractivity contribution is 0.0947. The number of carbonyl (C=O) groups is 1. The summed E-state index contributed by atoms with van der Waals surface area (Å²) in [4.78, 5) is 11.0. The fourth-order valence-corrected chi connectivity index (χ4v) is 2.41. The summed E-state index contributed by atoms with van der Waals surface area (Å²) in [6.07, 6.45) is 0. The van der Waals surface area contributed by atoms with Crippen LogP contribution in [0.3, 0.4) is 0 Å². The second-order valence-corrected chi connectivity index (χ2v) is 5.98. The van der Waals surface area contributed by atoms with E-state index in [0.29, 0.717) is 5.56 Å². The molecule has 0 bridgehead atoms. The average molecular weight is 341 g/mol. The zero-order chi connectivity index (χ0) is 17.2. The number of nitrogens with one attached hydrogen (secondary N) is 1. The Labute approximate surface area is 130 Å². The van der Waals surface area contributed by atoms with Crippen molar-refractivity contribution in [3.05, 3.63) is 53.3 Å². The number of hydrogen-bond donors (Lipinski definition) is 4. The Morgan fingerprint density at radius 3 is 2.22 bits per heavy atom. The Bertz CT molecular complexity index is 848. The van der Waals surface area contributed by atoms with Gasteiger partial charge in [-0.3, -0.25) is 9.35 Å². The number of carbonyl (C=O) groups excluding carboxylic acids is 1. The number of amides is 1. The van der Waals surface area contributed by atoms with Crippen LogP contribution in [0.4, 0.5) is 4.39 Å². The van der Waals surface area contributed by atoms with Crippen molar-refractivity contribution >= 4 is 16.0 Å². The molecule has 0 aliphatic heterocycles. The first-order valence-corrected chi connectivity index (χ1v) is 7.69. The lowest BCUT2D eigenvalue weighted by Crippen LogP contribution is -2.23. The van der Waals surface area contributed by atoms with Crippen LogP contribution in [0.1, 0.15) is 15.9 Å². The van der Waals surface area contributed by atoms with Crippen molar-refractivity contribution in [3.8, 4) is 11.5 Å². The maximum Gasteiger partial charge on any atom is 0.298 e. The third-order valence-corrected chi connectivity index (χ3v) is 3.89. The molecule has 9 heteroatoms. The van der Waals surface area contributed by atoms with E-state index in [1.807, 2.05) is 0 Å². The zero-order valence-electron chi connectivity index (χ0n) is 11.5. The lowest BCUT2D eigenvalue weighted by Gasteiger charge is -2.10. The lowest BCUT2D eigenvalue weighted by atomic mass is 10.1.